The van der Waals surface area contributed by atoms with E-state index in [9.17, 15) is 9.59 Å². The molecule has 0 unspecified atom stereocenters. The fourth-order valence-corrected chi connectivity index (χ4v) is 4.19. The molecule has 2 amide bonds. The molecule has 0 saturated carbocycles. The third kappa shape index (κ3) is 3.43. The van der Waals surface area contributed by atoms with Crippen LogP contribution < -0.4 is 5.32 Å². The molecule has 2 aliphatic heterocycles. The van der Waals surface area contributed by atoms with E-state index in [1.807, 2.05) is 23.6 Å². The second-order valence-electron chi connectivity index (χ2n) is 6.38. The molecular weight excluding hydrogens is 336 g/mol. The highest BCUT2D eigenvalue weighted by Crippen LogP contribution is 2.19. The van der Waals surface area contributed by atoms with Gasteiger partial charge >= 0.3 is 0 Å². The van der Waals surface area contributed by atoms with Gasteiger partial charge in [0, 0.05) is 44.5 Å². The number of nitrogens with one attached hydrogen (secondary N) is 1. The Morgan fingerprint density at radius 1 is 1.24 bits per heavy atom. The number of thiazole rings is 1. The van der Waals surface area contributed by atoms with Gasteiger partial charge in [-0.05, 0) is 5.56 Å². The number of aromatic nitrogens is 1. The zero-order valence-corrected chi connectivity index (χ0v) is 14.7. The molecule has 0 aliphatic carbocycles. The quantitative estimate of drug-likeness (QED) is 0.891. The Balaban J connectivity index is 1.43. The number of carbonyl (C=O) groups excluding carboxylic acids is 2. The predicted molar refractivity (Wildman–Crippen MR) is 95.6 cm³/mol. The average molecular weight is 356 g/mol. The third-order valence-electron chi connectivity index (χ3n) is 4.75. The smallest absolute Gasteiger partial charge is 0.273 e. The first kappa shape index (κ1) is 16.2. The number of piperazine rings is 2. The van der Waals surface area contributed by atoms with Gasteiger partial charge in [-0.2, -0.15) is 0 Å². The summed E-state index contributed by atoms with van der Waals surface area (Å²) in [5.74, 6) is -0.0552. The summed E-state index contributed by atoms with van der Waals surface area (Å²) >= 11 is 1.51. The highest BCUT2D eigenvalue weighted by molar-refractivity contribution is 7.09. The summed E-state index contributed by atoms with van der Waals surface area (Å²) in [7, 11) is 0. The van der Waals surface area contributed by atoms with Crippen LogP contribution >= 0.6 is 11.3 Å². The van der Waals surface area contributed by atoms with Crippen LogP contribution in [-0.4, -0.2) is 65.4 Å². The molecule has 3 heterocycles. The Morgan fingerprint density at radius 2 is 2.08 bits per heavy atom. The monoisotopic (exact) mass is 356 g/mol. The van der Waals surface area contributed by atoms with Crippen molar-refractivity contribution in [3.05, 3.63) is 52.0 Å². The molecule has 1 aromatic carbocycles. The van der Waals surface area contributed by atoms with E-state index in [1.54, 1.807) is 4.90 Å². The second-order valence-corrected chi connectivity index (χ2v) is 7.33. The minimum Gasteiger partial charge on any atom is -0.353 e. The predicted octanol–water partition coefficient (Wildman–Crippen LogP) is 0.990. The summed E-state index contributed by atoms with van der Waals surface area (Å²) in [4.78, 5) is 33.2. The first-order chi connectivity index (χ1) is 12.2. The summed E-state index contributed by atoms with van der Waals surface area (Å²) in [5, 5.41) is 5.64. The molecule has 25 heavy (non-hydrogen) atoms. The van der Waals surface area contributed by atoms with E-state index in [2.05, 4.69) is 27.3 Å². The molecule has 4 rings (SSSR count). The van der Waals surface area contributed by atoms with E-state index < -0.39 is 0 Å². The minimum absolute atomic E-state index is 0.0202. The average Bonchev–Trinajstić information content (AvgIpc) is 3.10. The van der Waals surface area contributed by atoms with Gasteiger partial charge in [0.15, 0.2) is 0 Å². The van der Waals surface area contributed by atoms with Crippen molar-refractivity contribution >= 4 is 23.2 Å². The zero-order valence-electron chi connectivity index (χ0n) is 13.9. The maximum Gasteiger partial charge on any atom is 0.273 e. The highest BCUT2D eigenvalue weighted by Gasteiger charge is 2.36. The Labute approximate surface area is 150 Å². The van der Waals surface area contributed by atoms with Crippen molar-refractivity contribution in [3.63, 3.8) is 0 Å². The topological polar surface area (TPSA) is 65.5 Å². The van der Waals surface area contributed by atoms with Crippen LogP contribution in [0, 0.1) is 0 Å². The summed E-state index contributed by atoms with van der Waals surface area (Å²) < 4.78 is 0. The van der Waals surface area contributed by atoms with Crippen molar-refractivity contribution in [2.24, 2.45) is 0 Å². The van der Waals surface area contributed by atoms with Crippen LogP contribution in [0.3, 0.4) is 0 Å². The van der Waals surface area contributed by atoms with Gasteiger partial charge in [0.05, 0.1) is 5.01 Å². The zero-order chi connectivity index (χ0) is 17.2. The van der Waals surface area contributed by atoms with Crippen molar-refractivity contribution in [3.8, 4) is 0 Å². The number of benzene rings is 1. The molecule has 7 heteroatoms. The van der Waals surface area contributed by atoms with Crippen LogP contribution in [-0.2, 0) is 11.2 Å². The highest BCUT2D eigenvalue weighted by atomic mass is 32.1. The van der Waals surface area contributed by atoms with Gasteiger partial charge in [-0.3, -0.25) is 14.5 Å². The Hall–Kier alpha value is -2.25. The van der Waals surface area contributed by atoms with Crippen molar-refractivity contribution in [1.29, 1.82) is 0 Å². The maximum atomic E-state index is 12.8. The molecule has 2 fully saturated rings. The van der Waals surface area contributed by atoms with Gasteiger partial charge in [0.2, 0.25) is 5.91 Å². The van der Waals surface area contributed by atoms with Gasteiger partial charge in [0.1, 0.15) is 11.7 Å². The molecule has 0 spiro atoms. The molecule has 2 aromatic rings. The second kappa shape index (κ2) is 6.93. The van der Waals surface area contributed by atoms with Crippen molar-refractivity contribution in [2.75, 3.05) is 32.7 Å². The summed E-state index contributed by atoms with van der Waals surface area (Å²) in [6.45, 7) is 3.38. The SMILES string of the molecule is O=C1NCCN2CCN(C(=O)c3csc(Cc4ccccc4)n3)C[C@@H]12. The lowest BCUT2D eigenvalue weighted by atomic mass is 10.1. The lowest BCUT2D eigenvalue weighted by molar-refractivity contribution is -0.131. The molecule has 2 saturated heterocycles. The van der Waals surface area contributed by atoms with Crippen LogP contribution in [0.1, 0.15) is 21.1 Å². The molecule has 1 N–H and O–H groups in total. The number of hydrogen-bond donors (Lipinski definition) is 1. The lowest BCUT2D eigenvalue weighted by Gasteiger charge is -2.42. The van der Waals surface area contributed by atoms with Crippen LogP contribution in [0.25, 0.3) is 0 Å². The van der Waals surface area contributed by atoms with Gasteiger partial charge in [-0.1, -0.05) is 30.3 Å². The van der Waals surface area contributed by atoms with Crippen molar-refractivity contribution in [1.82, 2.24) is 20.1 Å². The molecule has 130 valence electrons. The van der Waals surface area contributed by atoms with E-state index in [-0.39, 0.29) is 17.9 Å². The van der Waals surface area contributed by atoms with E-state index in [0.717, 1.165) is 24.5 Å². The van der Waals surface area contributed by atoms with E-state index in [4.69, 9.17) is 0 Å². The molecule has 2 aliphatic rings. The van der Waals surface area contributed by atoms with Crippen LogP contribution in [0.2, 0.25) is 0 Å². The molecular formula is C18H20N4O2S. The Morgan fingerprint density at radius 3 is 2.92 bits per heavy atom. The first-order valence-electron chi connectivity index (χ1n) is 8.50. The minimum atomic E-state index is -0.228. The van der Waals surface area contributed by atoms with Crippen LogP contribution in [0.5, 0.6) is 0 Å². The molecule has 6 nitrogen and oxygen atoms in total. The molecule has 0 radical (unpaired) electrons. The van der Waals surface area contributed by atoms with Crippen LogP contribution in [0.4, 0.5) is 0 Å². The number of carbonyl (C=O) groups is 2. The van der Waals surface area contributed by atoms with E-state index in [0.29, 0.717) is 25.3 Å². The van der Waals surface area contributed by atoms with Gasteiger partial charge in [0.25, 0.3) is 5.91 Å². The summed E-state index contributed by atoms with van der Waals surface area (Å²) in [6.07, 6.45) is 0.734. The van der Waals surface area contributed by atoms with Gasteiger partial charge < -0.3 is 10.2 Å². The number of fused-ring (bicyclic) bond motifs is 1. The van der Waals surface area contributed by atoms with Gasteiger partial charge in [-0.25, -0.2) is 4.98 Å². The molecule has 1 atom stereocenters. The van der Waals surface area contributed by atoms with E-state index in [1.165, 1.54) is 16.9 Å². The largest absolute Gasteiger partial charge is 0.353 e. The third-order valence-corrected chi connectivity index (χ3v) is 5.60. The molecule has 1 aromatic heterocycles. The fourth-order valence-electron chi connectivity index (χ4n) is 3.38. The number of rotatable bonds is 3. The number of amides is 2. The standard InChI is InChI=1S/C18H20N4O2S/c23-17-15-11-22(9-8-21(15)7-6-19-17)18(24)14-12-25-16(20-14)10-13-4-2-1-3-5-13/h1-5,12,15H,6-11H2,(H,19,23)/t15-/m0/s1. The summed E-state index contributed by atoms with van der Waals surface area (Å²) in [6, 6.07) is 9.89. The number of nitrogens with zero attached hydrogens (tertiary/aromatic N) is 3. The van der Waals surface area contributed by atoms with Crippen molar-refractivity contribution in [2.45, 2.75) is 12.5 Å². The number of hydrogen-bond acceptors (Lipinski definition) is 5. The maximum absolute atomic E-state index is 12.8. The Bertz CT molecular complexity index is 776. The normalized spacial score (nSPS) is 20.9. The fraction of sp³-hybridized carbons (Fsp3) is 0.389. The first-order valence-corrected chi connectivity index (χ1v) is 9.38. The van der Waals surface area contributed by atoms with Crippen molar-refractivity contribution < 1.29 is 9.59 Å². The summed E-state index contributed by atoms with van der Waals surface area (Å²) in [5.41, 5.74) is 1.67. The van der Waals surface area contributed by atoms with Gasteiger partial charge in [-0.15, -0.1) is 11.3 Å². The van der Waals surface area contributed by atoms with E-state index >= 15 is 0 Å². The van der Waals surface area contributed by atoms with Crippen LogP contribution in [0.15, 0.2) is 35.7 Å². The Kier molecular flexibility index (Phi) is 4.50. The molecule has 0 bridgehead atoms. The lowest BCUT2D eigenvalue weighted by Crippen LogP contribution is -2.64.